The number of esters is 1. The van der Waals surface area contributed by atoms with E-state index in [-0.39, 0.29) is 5.97 Å². The molecule has 0 radical (unpaired) electrons. The van der Waals surface area contributed by atoms with Gasteiger partial charge >= 0.3 is 5.97 Å². The first-order valence-electron chi connectivity index (χ1n) is 21.5. The molecule has 0 aliphatic heterocycles. The van der Waals surface area contributed by atoms with E-state index in [1.54, 1.807) is 6.92 Å². The summed E-state index contributed by atoms with van der Waals surface area (Å²) in [7, 11) is 0. The summed E-state index contributed by atoms with van der Waals surface area (Å²) in [6.45, 7) is 6.21. The Morgan fingerprint density at radius 1 is 0.479 bits per heavy atom. The molecule has 4 nitrogen and oxygen atoms in total. The number of ether oxygens (including phenoxy) is 1. The van der Waals surface area contributed by atoms with E-state index in [0.717, 1.165) is 51.4 Å². The molecular formula is C44H84O4. The summed E-state index contributed by atoms with van der Waals surface area (Å²) in [4.78, 5) is 12.2. The molecule has 0 saturated heterocycles. The first kappa shape index (κ1) is 47.0. The Morgan fingerprint density at radius 2 is 0.792 bits per heavy atom. The largest absolute Gasteiger partial charge is 0.460 e. The van der Waals surface area contributed by atoms with E-state index >= 15 is 0 Å². The molecule has 0 rings (SSSR count). The quantitative estimate of drug-likeness (QED) is 0.0390. The van der Waals surface area contributed by atoms with Gasteiger partial charge in [0.15, 0.2) is 0 Å². The first-order chi connectivity index (χ1) is 23.5. The van der Waals surface area contributed by atoms with Gasteiger partial charge in [-0.25, -0.2) is 0 Å². The second-order valence-electron chi connectivity index (χ2n) is 14.9. The molecule has 0 spiro atoms. The van der Waals surface area contributed by atoms with Gasteiger partial charge in [0.05, 0.1) is 6.10 Å². The van der Waals surface area contributed by atoms with Gasteiger partial charge in [-0.2, -0.15) is 0 Å². The molecule has 0 fully saturated rings. The van der Waals surface area contributed by atoms with E-state index in [1.807, 2.05) is 0 Å². The van der Waals surface area contributed by atoms with Gasteiger partial charge < -0.3 is 14.9 Å². The van der Waals surface area contributed by atoms with Crippen LogP contribution in [0.3, 0.4) is 0 Å². The number of aliphatic hydroxyl groups is 2. The molecule has 0 amide bonds. The summed E-state index contributed by atoms with van der Waals surface area (Å²) in [5.74, 6) is 6.29. The van der Waals surface area contributed by atoms with Crippen molar-refractivity contribution in [2.24, 2.45) is 0 Å². The van der Waals surface area contributed by atoms with Gasteiger partial charge in [0.1, 0.15) is 12.2 Å². The van der Waals surface area contributed by atoms with Crippen molar-refractivity contribution < 1.29 is 19.7 Å². The maximum atomic E-state index is 12.2. The van der Waals surface area contributed by atoms with Gasteiger partial charge in [-0.3, -0.25) is 4.79 Å². The highest BCUT2D eigenvalue weighted by atomic mass is 16.6. The highest BCUT2D eigenvalue weighted by Gasteiger charge is 2.25. The second kappa shape index (κ2) is 38.7. The van der Waals surface area contributed by atoms with Crippen LogP contribution in [0.5, 0.6) is 0 Å². The average Bonchev–Trinajstić information content (AvgIpc) is 3.08. The molecule has 0 aromatic rings. The lowest BCUT2D eigenvalue weighted by Gasteiger charge is -2.24. The summed E-state index contributed by atoms with van der Waals surface area (Å²) in [5.41, 5.74) is 0. The molecule has 0 aromatic carbocycles. The Bertz CT molecular complexity index is 710. The lowest BCUT2D eigenvalue weighted by Crippen LogP contribution is -2.38. The molecule has 0 bridgehead atoms. The number of carbonyl (C=O) groups is 1. The van der Waals surface area contributed by atoms with E-state index in [2.05, 4.69) is 25.7 Å². The van der Waals surface area contributed by atoms with Gasteiger partial charge in [0.2, 0.25) is 0 Å². The van der Waals surface area contributed by atoms with Crippen molar-refractivity contribution in [3.63, 3.8) is 0 Å². The molecule has 0 aliphatic rings. The Morgan fingerprint density at radius 3 is 1.19 bits per heavy atom. The topological polar surface area (TPSA) is 66.8 Å². The summed E-state index contributed by atoms with van der Waals surface area (Å²) in [5, 5.41) is 20.8. The number of rotatable bonds is 37. The van der Waals surface area contributed by atoms with Crippen LogP contribution in [0.2, 0.25) is 0 Å². The molecule has 284 valence electrons. The van der Waals surface area contributed by atoms with E-state index < -0.39 is 18.3 Å². The monoisotopic (exact) mass is 677 g/mol. The standard InChI is InChI=1S/C44H84O4/c1-4-6-8-10-12-14-16-18-19-20-21-22-23-24-25-26-27-28-30-32-34-36-38-40-43(46)48-41(3)44(47)42(45)39-37-35-33-31-29-17-15-13-11-9-7-5-2/h41-42,44-45,47H,4-14,16,18-40H2,1-3H3/t41-,42+,44-/m0/s1. The third kappa shape index (κ3) is 34.8. The van der Waals surface area contributed by atoms with Crippen LogP contribution in [-0.4, -0.2) is 34.5 Å². The van der Waals surface area contributed by atoms with Gasteiger partial charge in [0.25, 0.3) is 0 Å². The van der Waals surface area contributed by atoms with Crippen LogP contribution in [0, 0.1) is 11.8 Å². The fourth-order valence-electron chi connectivity index (χ4n) is 6.61. The number of hydrogen-bond donors (Lipinski definition) is 2. The van der Waals surface area contributed by atoms with E-state index in [0.29, 0.717) is 12.8 Å². The van der Waals surface area contributed by atoms with Crippen LogP contribution in [0.1, 0.15) is 245 Å². The Balaban J connectivity index is 3.47. The summed E-state index contributed by atoms with van der Waals surface area (Å²) in [6.07, 6.45) is 40.7. The Hall–Kier alpha value is -1.05. The Kier molecular flexibility index (Phi) is 37.9. The summed E-state index contributed by atoms with van der Waals surface area (Å²) < 4.78 is 5.43. The zero-order valence-corrected chi connectivity index (χ0v) is 32.7. The third-order valence-electron chi connectivity index (χ3n) is 10.0. The third-order valence-corrected chi connectivity index (χ3v) is 10.0. The molecule has 0 aliphatic carbocycles. The van der Waals surface area contributed by atoms with Crippen LogP contribution in [0.4, 0.5) is 0 Å². The molecule has 3 atom stereocenters. The van der Waals surface area contributed by atoms with Gasteiger partial charge in [-0.15, -0.1) is 11.8 Å². The zero-order valence-electron chi connectivity index (χ0n) is 32.7. The Labute approximate surface area is 300 Å². The smallest absolute Gasteiger partial charge is 0.306 e. The SMILES string of the molecule is CCCCCCC#CCCCCCC[C@@H](O)[C@@H](O)[C@H](C)OC(=O)CCCCCCCCCCCCCCCCCCCCCCCCC. The maximum absolute atomic E-state index is 12.2. The molecule has 0 heterocycles. The fraction of sp³-hybridized carbons (Fsp3) is 0.932. The lowest BCUT2D eigenvalue weighted by molar-refractivity contribution is -0.158. The molecule has 0 saturated carbocycles. The van der Waals surface area contributed by atoms with Crippen LogP contribution in [-0.2, 0) is 9.53 Å². The van der Waals surface area contributed by atoms with Crippen molar-refractivity contribution >= 4 is 5.97 Å². The second-order valence-corrected chi connectivity index (χ2v) is 14.9. The fourth-order valence-corrected chi connectivity index (χ4v) is 6.61. The van der Waals surface area contributed by atoms with Crippen molar-refractivity contribution in [2.45, 2.75) is 264 Å². The van der Waals surface area contributed by atoms with Crippen LogP contribution >= 0.6 is 0 Å². The van der Waals surface area contributed by atoms with Gasteiger partial charge in [0, 0.05) is 19.3 Å². The van der Waals surface area contributed by atoms with Crippen molar-refractivity contribution in [2.75, 3.05) is 0 Å². The summed E-state index contributed by atoms with van der Waals surface area (Å²) in [6, 6.07) is 0. The summed E-state index contributed by atoms with van der Waals surface area (Å²) >= 11 is 0. The molecule has 0 unspecified atom stereocenters. The number of aliphatic hydroxyl groups excluding tert-OH is 2. The zero-order chi connectivity index (χ0) is 35.2. The van der Waals surface area contributed by atoms with Crippen LogP contribution in [0.25, 0.3) is 0 Å². The van der Waals surface area contributed by atoms with Gasteiger partial charge in [-0.1, -0.05) is 194 Å². The van der Waals surface area contributed by atoms with Crippen molar-refractivity contribution in [1.29, 1.82) is 0 Å². The predicted octanol–water partition coefficient (Wildman–Crippen LogP) is 13.3. The molecule has 0 aromatic heterocycles. The average molecular weight is 677 g/mol. The molecular weight excluding hydrogens is 592 g/mol. The van der Waals surface area contributed by atoms with Crippen molar-refractivity contribution in [3.8, 4) is 11.8 Å². The number of hydrogen-bond acceptors (Lipinski definition) is 4. The molecule has 4 heteroatoms. The first-order valence-corrected chi connectivity index (χ1v) is 21.5. The van der Waals surface area contributed by atoms with Gasteiger partial charge in [-0.05, 0) is 32.6 Å². The normalized spacial score (nSPS) is 13.2. The highest BCUT2D eigenvalue weighted by Crippen LogP contribution is 2.17. The maximum Gasteiger partial charge on any atom is 0.306 e. The number of unbranched alkanes of at least 4 members (excludes halogenated alkanes) is 30. The van der Waals surface area contributed by atoms with Crippen molar-refractivity contribution in [1.82, 2.24) is 0 Å². The number of carbonyl (C=O) groups excluding carboxylic acids is 1. The van der Waals surface area contributed by atoms with Crippen LogP contribution in [0.15, 0.2) is 0 Å². The van der Waals surface area contributed by atoms with E-state index in [1.165, 1.54) is 161 Å². The minimum atomic E-state index is -1.03. The van der Waals surface area contributed by atoms with Crippen LogP contribution < -0.4 is 0 Å². The minimum absolute atomic E-state index is 0.260. The molecule has 48 heavy (non-hydrogen) atoms. The molecule has 2 N–H and O–H groups in total. The van der Waals surface area contributed by atoms with Crippen molar-refractivity contribution in [3.05, 3.63) is 0 Å². The predicted molar refractivity (Wildman–Crippen MR) is 208 cm³/mol. The van der Waals surface area contributed by atoms with E-state index in [4.69, 9.17) is 4.74 Å². The highest BCUT2D eigenvalue weighted by molar-refractivity contribution is 5.69. The minimum Gasteiger partial charge on any atom is -0.460 e. The van der Waals surface area contributed by atoms with E-state index in [9.17, 15) is 15.0 Å². The lowest BCUT2D eigenvalue weighted by atomic mass is 10.0.